The van der Waals surface area contributed by atoms with Gasteiger partial charge in [0.15, 0.2) is 0 Å². The maximum atomic E-state index is 3.16. The van der Waals surface area contributed by atoms with Gasteiger partial charge in [0.2, 0.25) is 0 Å². The Bertz CT molecular complexity index is 224. The Morgan fingerprint density at radius 2 is 2.20 bits per heavy atom. The van der Waals surface area contributed by atoms with Crippen LogP contribution in [0.2, 0.25) is 0 Å². The van der Waals surface area contributed by atoms with Gasteiger partial charge in [-0.3, -0.25) is 0 Å². The number of hydrogen-bond acceptors (Lipinski definition) is 0. The third-order valence-electron chi connectivity index (χ3n) is 2.40. The van der Waals surface area contributed by atoms with Gasteiger partial charge >= 0.3 is 0 Å². The number of aromatic amines is 1. The average molecular weight is 135 g/mol. The van der Waals surface area contributed by atoms with Crippen molar-refractivity contribution < 1.29 is 0 Å². The van der Waals surface area contributed by atoms with Gasteiger partial charge in [-0.15, -0.1) is 0 Å². The highest BCUT2D eigenvalue weighted by molar-refractivity contribution is 5.25. The van der Waals surface area contributed by atoms with Crippen molar-refractivity contribution in [3.63, 3.8) is 0 Å². The first-order valence-electron chi connectivity index (χ1n) is 4.01. The molecule has 1 atom stereocenters. The van der Waals surface area contributed by atoms with E-state index >= 15 is 0 Å². The molecule has 0 aromatic carbocycles. The summed E-state index contributed by atoms with van der Waals surface area (Å²) in [6, 6.07) is 0. The van der Waals surface area contributed by atoms with Crippen molar-refractivity contribution in [2.75, 3.05) is 0 Å². The van der Waals surface area contributed by atoms with Gasteiger partial charge in [-0.1, -0.05) is 6.92 Å². The fraction of sp³-hybridized carbons (Fsp3) is 0.556. The molecule has 1 aromatic rings. The van der Waals surface area contributed by atoms with Crippen LogP contribution in [0.15, 0.2) is 12.4 Å². The summed E-state index contributed by atoms with van der Waals surface area (Å²) in [5, 5.41) is 0. The van der Waals surface area contributed by atoms with Crippen molar-refractivity contribution in [2.24, 2.45) is 5.92 Å². The average Bonchev–Trinajstić information content (AvgIpc) is 2.33. The zero-order chi connectivity index (χ0) is 6.97. The molecule has 54 valence electrons. The molecule has 0 saturated heterocycles. The molecule has 1 unspecified atom stereocenters. The van der Waals surface area contributed by atoms with Crippen molar-refractivity contribution in [1.82, 2.24) is 4.98 Å². The third kappa shape index (κ3) is 0.859. The topological polar surface area (TPSA) is 15.8 Å². The lowest BCUT2D eigenvalue weighted by molar-refractivity contribution is 0.503. The highest BCUT2D eigenvalue weighted by Crippen LogP contribution is 2.24. The van der Waals surface area contributed by atoms with Crippen LogP contribution in [0, 0.1) is 5.92 Å². The van der Waals surface area contributed by atoms with Gasteiger partial charge in [0.25, 0.3) is 0 Å². The molecule has 0 fully saturated rings. The number of nitrogens with one attached hydrogen (secondary N) is 1. The fourth-order valence-corrected chi connectivity index (χ4v) is 1.73. The molecule has 0 amide bonds. The molecule has 1 aliphatic carbocycles. The van der Waals surface area contributed by atoms with Crippen LogP contribution >= 0.6 is 0 Å². The zero-order valence-corrected chi connectivity index (χ0v) is 6.35. The summed E-state index contributed by atoms with van der Waals surface area (Å²) >= 11 is 0. The molecule has 1 aromatic heterocycles. The van der Waals surface area contributed by atoms with Crippen molar-refractivity contribution in [2.45, 2.75) is 26.2 Å². The maximum absolute atomic E-state index is 3.16. The van der Waals surface area contributed by atoms with Crippen molar-refractivity contribution in [1.29, 1.82) is 0 Å². The van der Waals surface area contributed by atoms with E-state index in [-0.39, 0.29) is 0 Å². The molecule has 1 nitrogen and oxygen atoms in total. The van der Waals surface area contributed by atoms with E-state index in [1.54, 1.807) is 5.56 Å². The molecule has 0 bridgehead atoms. The zero-order valence-electron chi connectivity index (χ0n) is 6.35. The minimum absolute atomic E-state index is 0.892. The van der Waals surface area contributed by atoms with Crippen LogP contribution in [0.1, 0.15) is 24.5 Å². The minimum atomic E-state index is 0.892. The Morgan fingerprint density at radius 3 is 3.10 bits per heavy atom. The predicted octanol–water partition coefficient (Wildman–Crippen LogP) is 2.14. The van der Waals surface area contributed by atoms with Gasteiger partial charge in [-0.25, -0.2) is 0 Å². The first kappa shape index (κ1) is 6.02. The lowest BCUT2D eigenvalue weighted by atomic mass is 9.88. The smallest absolute Gasteiger partial charge is 0.00403 e. The van der Waals surface area contributed by atoms with Crippen molar-refractivity contribution in [3.05, 3.63) is 23.5 Å². The number of aromatic nitrogens is 1. The van der Waals surface area contributed by atoms with Gasteiger partial charge in [0.05, 0.1) is 0 Å². The minimum Gasteiger partial charge on any atom is -0.367 e. The molecular weight excluding hydrogens is 122 g/mol. The fourth-order valence-electron chi connectivity index (χ4n) is 1.73. The molecule has 0 aliphatic heterocycles. The molecule has 1 heterocycles. The number of aryl methyl sites for hydroxylation is 1. The molecular formula is C9H13N. The second kappa shape index (κ2) is 2.15. The van der Waals surface area contributed by atoms with Gasteiger partial charge in [0.1, 0.15) is 0 Å². The van der Waals surface area contributed by atoms with Crippen molar-refractivity contribution in [3.8, 4) is 0 Å². The van der Waals surface area contributed by atoms with Crippen LogP contribution in [0.4, 0.5) is 0 Å². The molecule has 1 heteroatoms. The summed E-state index contributed by atoms with van der Waals surface area (Å²) in [4.78, 5) is 3.16. The summed E-state index contributed by atoms with van der Waals surface area (Å²) in [6.07, 6.45) is 8.20. The Morgan fingerprint density at radius 1 is 1.40 bits per heavy atom. The van der Waals surface area contributed by atoms with E-state index in [1.165, 1.54) is 24.8 Å². The van der Waals surface area contributed by atoms with Crippen LogP contribution in [0.5, 0.6) is 0 Å². The summed E-state index contributed by atoms with van der Waals surface area (Å²) in [5.74, 6) is 0.892. The Hall–Kier alpha value is -0.720. The summed E-state index contributed by atoms with van der Waals surface area (Å²) in [5.41, 5.74) is 3.08. The first-order valence-corrected chi connectivity index (χ1v) is 4.01. The Labute approximate surface area is 61.5 Å². The highest BCUT2D eigenvalue weighted by Gasteiger charge is 2.14. The van der Waals surface area contributed by atoms with Crippen LogP contribution in [0.25, 0.3) is 0 Å². The Balaban J connectivity index is 2.30. The number of rotatable bonds is 0. The molecule has 0 radical (unpaired) electrons. The number of H-pyrrole nitrogens is 1. The van der Waals surface area contributed by atoms with E-state index in [2.05, 4.69) is 24.3 Å². The molecule has 10 heavy (non-hydrogen) atoms. The summed E-state index contributed by atoms with van der Waals surface area (Å²) in [7, 11) is 0. The molecule has 0 saturated carbocycles. The van der Waals surface area contributed by atoms with Crippen LogP contribution in [-0.4, -0.2) is 4.98 Å². The lowest BCUT2D eigenvalue weighted by Crippen LogP contribution is -2.08. The van der Waals surface area contributed by atoms with E-state index in [1.807, 2.05) is 0 Å². The van der Waals surface area contributed by atoms with Crippen molar-refractivity contribution >= 4 is 0 Å². The summed E-state index contributed by atoms with van der Waals surface area (Å²) < 4.78 is 0. The van der Waals surface area contributed by atoms with Gasteiger partial charge in [-0.2, -0.15) is 0 Å². The second-order valence-electron chi connectivity index (χ2n) is 3.35. The number of hydrogen-bond donors (Lipinski definition) is 1. The predicted molar refractivity (Wildman–Crippen MR) is 42.0 cm³/mol. The molecule has 1 N–H and O–H groups in total. The largest absolute Gasteiger partial charge is 0.367 e. The SMILES string of the molecule is CC1CCc2c[nH]cc2C1. The molecule has 1 aliphatic rings. The van der Waals surface area contributed by atoms with Gasteiger partial charge in [-0.05, 0) is 36.3 Å². The lowest BCUT2D eigenvalue weighted by Gasteiger charge is -2.17. The van der Waals surface area contributed by atoms with Crippen LogP contribution in [0.3, 0.4) is 0 Å². The highest BCUT2D eigenvalue weighted by atomic mass is 14.6. The molecule has 2 rings (SSSR count). The third-order valence-corrected chi connectivity index (χ3v) is 2.40. The first-order chi connectivity index (χ1) is 4.86. The van der Waals surface area contributed by atoms with Crippen LogP contribution < -0.4 is 0 Å². The van der Waals surface area contributed by atoms with E-state index < -0.39 is 0 Å². The van der Waals surface area contributed by atoms with Gasteiger partial charge in [0, 0.05) is 12.4 Å². The van der Waals surface area contributed by atoms with Gasteiger partial charge < -0.3 is 4.98 Å². The quantitative estimate of drug-likeness (QED) is 0.561. The van der Waals surface area contributed by atoms with E-state index in [9.17, 15) is 0 Å². The van der Waals surface area contributed by atoms with E-state index in [4.69, 9.17) is 0 Å². The van der Waals surface area contributed by atoms with Crippen LogP contribution in [-0.2, 0) is 12.8 Å². The van der Waals surface area contributed by atoms with E-state index in [0.717, 1.165) is 5.92 Å². The normalized spacial score (nSPS) is 24.3. The van der Waals surface area contributed by atoms with E-state index in [0.29, 0.717) is 0 Å². The number of fused-ring (bicyclic) bond motifs is 1. The Kier molecular flexibility index (Phi) is 1.30. The second-order valence-corrected chi connectivity index (χ2v) is 3.35. The maximum Gasteiger partial charge on any atom is 0.00403 e. The standard InChI is InChI=1S/C9H13N/c1-7-2-3-8-5-10-6-9(8)4-7/h5-7,10H,2-4H2,1H3. The summed E-state index contributed by atoms with van der Waals surface area (Å²) in [6.45, 7) is 2.33. The monoisotopic (exact) mass is 135 g/mol. The molecule has 0 spiro atoms.